The largest absolute Gasteiger partial charge is 0.465 e. The van der Waals surface area contributed by atoms with E-state index < -0.39 is 16.2 Å². The summed E-state index contributed by atoms with van der Waals surface area (Å²) in [4.78, 5) is 12.3. The number of carbonyl (C=O) groups is 1. The zero-order chi connectivity index (χ0) is 15.5. The van der Waals surface area contributed by atoms with Crippen molar-refractivity contribution in [3.63, 3.8) is 0 Å². The predicted octanol–water partition coefficient (Wildman–Crippen LogP) is 2.09. The third kappa shape index (κ3) is 4.18. The summed E-state index contributed by atoms with van der Waals surface area (Å²) < 4.78 is 29.2. The molecule has 1 fully saturated rings. The van der Waals surface area contributed by atoms with E-state index in [4.69, 9.17) is 9.29 Å². The Balaban J connectivity index is 1.95. The van der Waals surface area contributed by atoms with Gasteiger partial charge in [0.15, 0.2) is 0 Å². The number of nitrogens with zero attached hydrogens (tertiary/aromatic N) is 1. The molecule has 0 aromatic heterocycles. The number of carboxylic acid groups (broad SMARTS) is 1. The Kier molecular flexibility index (Phi) is 4.84. The van der Waals surface area contributed by atoms with Gasteiger partial charge in [-0.3, -0.25) is 4.18 Å². The van der Waals surface area contributed by atoms with Gasteiger partial charge in [0.25, 0.3) is 10.1 Å². The fraction of sp³-hybridized carbons (Fsp3) is 0.500. The molecule has 1 heterocycles. The van der Waals surface area contributed by atoms with Crippen LogP contribution in [0.5, 0.6) is 0 Å². The van der Waals surface area contributed by atoms with Crippen molar-refractivity contribution in [2.45, 2.75) is 24.7 Å². The van der Waals surface area contributed by atoms with E-state index in [0.29, 0.717) is 13.1 Å². The second-order valence-corrected chi connectivity index (χ2v) is 6.90. The maximum Gasteiger partial charge on any atom is 0.407 e. The van der Waals surface area contributed by atoms with Crippen LogP contribution in [0.4, 0.5) is 4.79 Å². The Hall–Kier alpha value is -1.60. The highest BCUT2D eigenvalue weighted by molar-refractivity contribution is 7.86. The molecule has 0 spiro atoms. The highest BCUT2D eigenvalue weighted by Gasteiger charge is 2.25. The van der Waals surface area contributed by atoms with Gasteiger partial charge in [0, 0.05) is 19.0 Å². The molecule has 1 N–H and O–H groups in total. The number of hydrogen-bond acceptors (Lipinski definition) is 4. The SMILES string of the molecule is Cc1ccc(S(=O)(=O)OC[C@H]2CCCN(C(=O)O)C2)cc1. The number of rotatable bonds is 4. The van der Waals surface area contributed by atoms with Gasteiger partial charge in [-0.05, 0) is 31.9 Å². The summed E-state index contributed by atoms with van der Waals surface area (Å²) in [5.74, 6) is -0.0879. The summed E-state index contributed by atoms with van der Waals surface area (Å²) in [6.45, 7) is 2.70. The molecule has 0 aliphatic carbocycles. The molecule has 1 aliphatic rings. The lowest BCUT2D eigenvalue weighted by molar-refractivity contribution is 0.106. The standard InChI is InChI=1S/C14H19NO5S/c1-11-4-6-13(7-5-11)21(18,19)20-10-12-3-2-8-15(9-12)14(16)17/h4-7,12H,2-3,8-10H2,1H3,(H,16,17)/t12-/m0/s1. The molecule has 1 amide bonds. The minimum absolute atomic E-state index is 0.0139. The normalized spacial score (nSPS) is 19.5. The fourth-order valence-electron chi connectivity index (χ4n) is 2.33. The number of benzene rings is 1. The molecule has 0 saturated carbocycles. The highest BCUT2D eigenvalue weighted by Crippen LogP contribution is 2.20. The molecule has 1 aromatic rings. The van der Waals surface area contributed by atoms with E-state index in [1.165, 1.54) is 17.0 Å². The highest BCUT2D eigenvalue weighted by atomic mass is 32.2. The van der Waals surface area contributed by atoms with Gasteiger partial charge in [-0.15, -0.1) is 0 Å². The van der Waals surface area contributed by atoms with Crippen molar-refractivity contribution in [1.82, 2.24) is 4.90 Å². The minimum atomic E-state index is -3.78. The Labute approximate surface area is 124 Å². The van der Waals surface area contributed by atoms with Gasteiger partial charge < -0.3 is 10.0 Å². The Bertz CT molecular complexity index is 596. The third-order valence-electron chi connectivity index (χ3n) is 3.56. The van der Waals surface area contributed by atoms with E-state index in [-0.39, 0.29) is 17.4 Å². The summed E-state index contributed by atoms with van der Waals surface area (Å²) >= 11 is 0. The summed E-state index contributed by atoms with van der Waals surface area (Å²) in [6.07, 6.45) is 0.527. The smallest absolute Gasteiger partial charge is 0.407 e. The number of hydrogen-bond donors (Lipinski definition) is 1. The molecule has 116 valence electrons. The average molecular weight is 313 g/mol. The van der Waals surface area contributed by atoms with E-state index in [1.807, 2.05) is 6.92 Å². The Morgan fingerprint density at radius 3 is 2.67 bits per heavy atom. The maximum absolute atomic E-state index is 12.0. The summed E-state index contributed by atoms with van der Waals surface area (Å²) in [6, 6.07) is 6.44. The first-order valence-electron chi connectivity index (χ1n) is 6.82. The molecular weight excluding hydrogens is 294 g/mol. The molecule has 21 heavy (non-hydrogen) atoms. The lowest BCUT2D eigenvalue weighted by atomic mass is 10.00. The molecular formula is C14H19NO5S. The van der Waals surface area contributed by atoms with Gasteiger partial charge in [0.05, 0.1) is 11.5 Å². The lowest BCUT2D eigenvalue weighted by Crippen LogP contribution is -2.40. The van der Waals surface area contributed by atoms with Crippen molar-refractivity contribution in [2.24, 2.45) is 5.92 Å². The van der Waals surface area contributed by atoms with Crippen LogP contribution >= 0.6 is 0 Å². The van der Waals surface area contributed by atoms with E-state index in [0.717, 1.165) is 18.4 Å². The second-order valence-electron chi connectivity index (χ2n) is 5.29. The maximum atomic E-state index is 12.0. The predicted molar refractivity (Wildman–Crippen MR) is 76.6 cm³/mol. The van der Waals surface area contributed by atoms with Crippen molar-refractivity contribution < 1.29 is 22.5 Å². The second kappa shape index (κ2) is 6.44. The van der Waals surface area contributed by atoms with E-state index in [1.54, 1.807) is 12.1 Å². The van der Waals surface area contributed by atoms with Gasteiger partial charge in [-0.1, -0.05) is 17.7 Å². The molecule has 1 atom stereocenters. The first-order valence-corrected chi connectivity index (χ1v) is 8.23. The third-order valence-corrected chi connectivity index (χ3v) is 4.85. The monoisotopic (exact) mass is 313 g/mol. The van der Waals surface area contributed by atoms with E-state index >= 15 is 0 Å². The number of aryl methyl sites for hydroxylation is 1. The summed E-state index contributed by atoms with van der Waals surface area (Å²) in [5, 5.41) is 8.95. The summed E-state index contributed by atoms with van der Waals surface area (Å²) in [7, 11) is -3.78. The fourth-order valence-corrected chi connectivity index (χ4v) is 3.31. The van der Waals surface area contributed by atoms with Crippen molar-refractivity contribution in [2.75, 3.05) is 19.7 Å². The number of likely N-dealkylation sites (tertiary alicyclic amines) is 1. The van der Waals surface area contributed by atoms with Crippen molar-refractivity contribution in [1.29, 1.82) is 0 Å². The molecule has 1 aromatic carbocycles. The van der Waals surface area contributed by atoms with Crippen LogP contribution in [0, 0.1) is 12.8 Å². The van der Waals surface area contributed by atoms with Crippen LogP contribution in [0.1, 0.15) is 18.4 Å². The lowest BCUT2D eigenvalue weighted by Gasteiger charge is -2.30. The average Bonchev–Trinajstić information content (AvgIpc) is 2.46. The quantitative estimate of drug-likeness (QED) is 0.860. The van der Waals surface area contributed by atoms with Gasteiger partial charge in [-0.2, -0.15) is 8.42 Å². The van der Waals surface area contributed by atoms with Crippen LogP contribution in [-0.2, 0) is 14.3 Å². The summed E-state index contributed by atoms with van der Waals surface area (Å²) in [5.41, 5.74) is 0.971. The van der Waals surface area contributed by atoms with Gasteiger partial charge >= 0.3 is 6.09 Å². The number of amides is 1. The van der Waals surface area contributed by atoms with Crippen LogP contribution in [0.25, 0.3) is 0 Å². The Morgan fingerprint density at radius 1 is 1.38 bits per heavy atom. The van der Waals surface area contributed by atoms with Crippen molar-refractivity contribution in [3.8, 4) is 0 Å². The number of piperidine rings is 1. The molecule has 2 rings (SSSR count). The van der Waals surface area contributed by atoms with E-state index in [9.17, 15) is 13.2 Å². The Morgan fingerprint density at radius 2 is 2.05 bits per heavy atom. The van der Waals surface area contributed by atoms with Gasteiger partial charge in [-0.25, -0.2) is 4.79 Å². The molecule has 1 aliphatic heterocycles. The molecule has 0 radical (unpaired) electrons. The molecule has 0 bridgehead atoms. The van der Waals surface area contributed by atoms with E-state index in [2.05, 4.69) is 0 Å². The van der Waals surface area contributed by atoms with Gasteiger partial charge in [0.1, 0.15) is 0 Å². The molecule has 1 saturated heterocycles. The van der Waals surface area contributed by atoms with Crippen molar-refractivity contribution in [3.05, 3.63) is 29.8 Å². The zero-order valence-corrected chi connectivity index (χ0v) is 12.7. The van der Waals surface area contributed by atoms with Crippen LogP contribution in [0.3, 0.4) is 0 Å². The molecule has 0 unspecified atom stereocenters. The topological polar surface area (TPSA) is 83.9 Å². The van der Waals surface area contributed by atoms with Crippen LogP contribution in [0.15, 0.2) is 29.2 Å². The van der Waals surface area contributed by atoms with Crippen LogP contribution in [-0.4, -0.2) is 44.2 Å². The van der Waals surface area contributed by atoms with Crippen molar-refractivity contribution >= 4 is 16.2 Å². The first-order chi connectivity index (χ1) is 9.88. The minimum Gasteiger partial charge on any atom is -0.465 e. The first kappa shape index (κ1) is 15.8. The van der Waals surface area contributed by atoms with Crippen LogP contribution < -0.4 is 0 Å². The molecule has 7 heteroatoms. The van der Waals surface area contributed by atoms with Crippen LogP contribution in [0.2, 0.25) is 0 Å². The molecule has 6 nitrogen and oxygen atoms in total. The zero-order valence-electron chi connectivity index (χ0n) is 11.9. The van der Waals surface area contributed by atoms with Gasteiger partial charge in [0.2, 0.25) is 0 Å².